The molecule has 0 bridgehead atoms. The summed E-state index contributed by atoms with van der Waals surface area (Å²) in [7, 11) is 0. The fraction of sp³-hybridized carbons (Fsp3) is 0.304. The van der Waals surface area contributed by atoms with Gasteiger partial charge in [0.2, 0.25) is 0 Å². The van der Waals surface area contributed by atoms with Crippen LogP contribution in [0.15, 0.2) is 48.5 Å². The third kappa shape index (κ3) is 3.09. The number of fused-ring (bicyclic) bond motifs is 2. The third-order valence-corrected chi connectivity index (χ3v) is 5.94. The van der Waals surface area contributed by atoms with E-state index in [1.54, 1.807) is 29.2 Å². The first-order chi connectivity index (χ1) is 14.4. The van der Waals surface area contributed by atoms with E-state index in [1.807, 2.05) is 24.3 Å². The van der Waals surface area contributed by atoms with E-state index in [4.69, 9.17) is 0 Å². The average molecular weight is 411 g/mol. The Kier molecular flexibility index (Phi) is 4.41. The molecule has 2 aliphatic rings. The molecule has 0 unspecified atom stereocenters. The zero-order valence-corrected chi connectivity index (χ0v) is 16.2. The maximum Gasteiger partial charge on any atom is 0.435 e. The fourth-order valence-electron chi connectivity index (χ4n) is 4.49. The maximum absolute atomic E-state index is 13.4. The minimum atomic E-state index is -4.47. The molecule has 1 aromatic heterocycles. The van der Waals surface area contributed by atoms with Crippen molar-refractivity contribution < 1.29 is 18.0 Å². The Bertz CT molecular complexity index is 1120. The van der Waals surface area contributed by atoms with Crippen molar-refractivity contribution in [1.82, 2.24) is 9.78 Å². The molecule has 5 rings (SSSR count). The van der Waals surface area contributed by atoms with Crippen LogP contribution in [-0.4, -0.2) is 22.2 Å². The highest BCUT2D eigenvalue weighted by Gasteiger charge is 2.39. The first-order valence-corrected chi connectivity index (χ1v) is 10.1. The van der Waals surface area contributed by atoms with Gasteiger partial charge in [-0.2, -0.15) is 18.3 Å². The second-order valence-corrected chi connectivity index (χ2v) is 7.77. The van der Waals surface area contributed by atoms with Crippen molar-refractivity contribution in [2.75, 3.05) is 11.4 Å². The Balaban J connectivity index is 1.47. The van der Waals surface area contributed by atoms with Crippen LogP contribution in [0.1, 0.15) is 45.7 Å². The van der Waals surface area contributed by atoms with Gasteiger partial charge in [-0.3, -0.25) is 4.79 Å². The Morgan fingerprint density at radius 1 is 0.933 bits per heavy atom. The van der Waals surface area contributed by atoms with Crippen LogP contribution in [0.4, 0.5) is 18.9 Å². The number of alkyl halides is 3. The number of anilines is 1. The van der Waals surface area contributed by atoms with Gasteiger partial charge in [0.25, 0.3) is 5.91 Å². The first-order valence-electron chi connectivity index (χ1n) is 10.1. The normalized spacial score (nSPS) is 15.8. The quantitative estimate of drug-likeness (QED) is 0.597. The van der Waals surface area contributed by atoms with Gasteiger partial charge in [-0.1, -0.05) is 18.2 Å². The molecule has 1 aliphatic heterocycles. The van der Waals surface area contributed by atoms with Crippen LogP contribution in [0.3, 0.4) is 0 Å². The summed E-state index contributed by atoms with van der Waals surface area (Å²) >= 11 is 0. The Labute approximate surface area is 171 Å². The van der Waals surface area contributed by atoms with E-state index < -0.39 is 11.9 Å². The van der Waals surface area contributed by atoms with Crippen LogP contribution in [0.2, 0.25) is 0 Å². The zero-order valence-electron chi connectivity index (χ0n) is 16.2. The molecule has 3 aromatic rings. The van der Waals surface area contributed by atoms with Crippen LogP contribution < -0.4 is 4.90 Å². The van der Waals surface area contributed by atoms with Crippen molar-refractivity contribution in [3.63, 3.8) is 0 Å². The molecule has 1 amide bonds. The van der Waals surface area contributed by atoms with Gasteiger partial charge < -0.3 is 4.90 Å². The largest absolute Gasteiger partial charge is 0.435 e. The van der Waals surface area contributed by atoms with E-state index in [0.29, 0.717) is 41.9 Å². The summed E-state index contributed by atoms with van der Waals surface area (Å²) in [6.07, 6.45) is -1.09. The topological polar surface area (TPSA) is 38.1 Å². The summed E-state index contributed by atoms with van der Waals surface area (Å²) in [5.74, 6) is -0.107. The highest BCUT2D eigenvalue weighted by atomic mass is 19.4. The van der Waals surface area contributed by atoms with E-state index in [2.05, 4.69) is 5.10 Å². The predicted molar refractivity (Wildman–Crippen MR) is 107 cm³/mol. The minimum absolute atomic E-state index is 0.107. The molecule has 154 valence electrons. The second kappa shape index (κ2) is 7.00. The highest BCUT2D eigenvalue weighted by Crippen LogP contribution is 2.37. The molecule has 1 aliphatic carbocycles. The molecule has 7 heteroatoms. The number of amides is 1. The molecule has 0 atom stereocenters. The molecule has 0 saturated carbocycles. The summed E-state index contributed by atoms with van der Waals surface area (Å²) < 4.78 is 41.7. The fourth-order valence-corrected chi connectivity index (χ4v) is 4.49. The van der Waals surface area contributed by atoms with E-state index >= 15 is 0 Å². The maximum atomic E-state index is 13.4. The number of halogens is 3. The van der Waals surface area contributed by atoms with Gasteiger partial charge in [0.05, 0.1) is 5.69 Å². The molecule has 0 radical (unpaired) electrons. The minimum Gasteiger partial charge on any atom is -0.308 e. The monoisotopic (exact) mass is 411 g/mol. The molecular weight excluding hydrogens is 391 g/mol. The SMILES string of the molecule is O=C(c1ccc(-n2nc(C(F)(F)F)c3c2CCCC3)cc1)N1CCc2ccccc21. The number of benzene rings is 2. The van der Waals surface area contributed by atoms with E-state index in [0.717, 1.165) is 30.5 Å². The molecule has 2 heterocycles. The Hall–Kier alpha value is -3.09. The molecule has 4 nitrogen and oxygen atoms in total. The van der Waals surface area contributed by atoms with E-state index in [1.165, 1.54) is 4.68 Å². The van der Waals surface area contributed by atoms with Gasteiger partial charge >= 0.3 is 6.18 Å². The predicted octanol–water partition coefficient (Wildman–Crippen LogP) is 4.97. The lowest BCUT2D eigenvalue weighted by Crippen LogP contribution is -2.28. The van der Waals surface area contributed by atoms with Crippen LogP contribution in [0.5, 0.6) is 0 Å². The lowest BCUT2D eigenvalue weighted by atomic mass is 9.95. The molecule has 0 N–H and O–H groups in total. The summed E-state index contributed by atoms with van der Waals surface area (Å²) in [6, 6.07) is 14.5. The Morgan fingerprint density at radius 2 is 1.67 bits per heavy atom. The number of rotatable bonds is 2. The van der Waals surface area contributed by atoms with Crippen molar-refractivity contribution in [2.45, 2.75) is 38.3 Å². The summed E-state index contributed by atoms with van der Waals surface area (Å²) in [4.78, 5) is 14.7. The van der Waals surface area contributed by atoms with Crippen LogP contribution in [0, 0.1) is 0 Å². The molecule has 0 fully saturated rings. The van der Waals surface area contributed by atoms with Gasteiger partial charge in [-0.25, -0.2) is 4.68 Å². The lowest BCUT2D eigenvalue weighted by molar-refractivity contribution is -0.142. The summed E-state index contributed by atoms with van der Waals surface area (Å²) in [5.41, 5.74) is 3.26. The Morgan fingerprint density at radius 3 is 2.43 bits per heavy atom. The average Bonchev–Trinajstić information content (AvgIpc) is 3.35. The highest BCUT2D eigenvalue weighted by molar-refractivity contribution is 6.07. The van der Waals surface area contributed by atoms with Crippen LogP contribution in [-0.2, 0) is 25.4 Å². The number of hydrogen-bond donors (Lipinski definition) is 0. The zero-order chi connectivity index (χ0) is 20.9. The number of nitrogens with zero attached hydrogens (tertiary/aromatic N) is 3. The molecular formula is C23H20F3N3O. The van der Waals surface area contributed by atoms with Crippen molar-refractivity contribution in [3.05, 3.63) is 76.6 Å². The molecule has 0 spiro atoms. The van der Waals surface area contributed by atoms with Crippen molar-refractivity contribution in [3.8, 4) is 5.69 Å². The smallest absolute Gasteiger partial charge is 0.308 e. The van der Waals surface area contributed by atoms with Gasteiger partial charge in [0.1, 0.15) is 0 Å². The van der Waals surface area contributed by atoms with Gasteiger partial charge in [-0.15, -0.1) is 0 Å². The molecule has 0 saturated heterocycles. The third-order valence-electron chi connectivity index (χ3n) is 5.94. The van der Waals surface area contributed by atoms with Gasteiger partial charge in [-0.05, 0) is 68.0 Å². The van der Waals surface area contributed by atoms with Crippen molar-refractivity contribution in [2.24, 2.45) is 0 Å². The van der Waals surface area contributed by atoms with Crippen molar-refractivity contribution in [1.29, 1.82) is 0 Å². The van der Waals surface area contributed by atoms with E-state index in [-0.39, 0.29) is 5.91 Å². The number of para-hydroxylation sites is 1. The standard InChI is InChI=1S/C23H20F3N3O/c24-23(25,26)21-18-6-2-4-8-20(18)29(27-21)17-11-9-16(10-12-17)22(30)28-14-13-15-5-1-3-7-19(15)28/h1,3,5,7,9-12H,2,4,6,8,13-14H2. The number of hydrogen-bond acceptors (Lipinski definition) is 2. The van der Waals surface area contributed by atoms with Gasteiger partial charge in [0, 0.05) is 29.1 Å². The second-order valence-electron chi connectivity index (χ2n) is 7.77. The van der Waals surface area contributed by atoms with Crippen LogP contribution >= 0.6 is 0 Å². The summed E-state index contributed by atoms with van der Waals surface area (Å²) in [6.45, 7) is 0.627. The lowest BCUT2D eigenvalue weighted by Gasteiger charge is -2.18. The van der Waals surface area contributed by atoms with Crippen molar-refractivity contribution >= 4 is 11.6 Å². The molecule has 2 aromatic carbocycles. The molecule has 30 heavy (non-hydrogen) atoms. The number of carbonyl (C=O) groups is 1. The van der Waals surface area contributed by atoms with Gasteiger partial charge in [0.15, 0.2) is 5.69 Å². The first kappa shape index (κ1) is 18.9. The van der Waals surface area contributed by atoms with E-state index in [9.17, 15) is 18.0 Å². The number of aromatic nitrogens is 2. The number of carbonyl (C=O) groups excluding carboxylic acids is 1. The van der Waals surface area contributed by atoms with Crippen LogP contribution in [0.25, 0.3) is 5.69 Å². The summed E-state index contributed by atoms with van der Waals surface area (Å²) in [5, 5.41) is 3.91.